The summed E-state index contributed by atoms with van der Waals surface area (Å²) in [6.07, 6.45) is 1.15. The number of aromatic amines is 1. The zero-order valence-electron chi connectivity index (χ0n) is 10.1. The molecule has 0 radical (unpaired) electrons. The lowest BCUT2D eigenvalue weighted by Gasteiger charge is -2.07. The van der Waals surface area contributed by atoms with Crippen LogP contribution in [0.15, 0.2) is 29.3 Å². The summed E-state index contributed by atoms with van der Waals surface area (Å²) in [5.41, 5.74) is -0.338. The molecule has 0 saturated heterocycles. The van der Waals surface area contributed by atoms with Crippen LogP contribution in [-0.4, -0.2) is 23.5 Å². The first-order valence-corrected chi connectivity index (χ1v) is 7.11. The molecule has 2 aromatic rings. The topological polar surface area (TPSA) is 142 Å². The van der Waals surface area contributed by atoms with Crippen LogP contribution < -0.4 is 4.72 Å². The number of hydrogen-bond acceptors (Lipinski definition) is 6. The minimum Gasteiger partial charge on any atom is -0.263 e. The first-order chi connectivity index (χ1) is 9.85. The van der Waals surface area contributed by atoms with Crippen molar-refractivity contribution in [1.82, 2.24) is 10.2 Å². The van der Waals surface area contributed by atoms with Crippen molar-refractivity contribution in [2.75, 3.05) is 4.72 Å². The highest BCUT2D eigenvalue weighted by atomic mass is 35.5. The number of sulfonamides is 1. The quantitative estimate of drug-likeness (QED) is 0.645. The molecular formula is C10H6ClN5O4S. The maximum atomic E-state index is 12.1. The van der Waals surface area contributed by atoms with Gasteiger partial charge in [-0.3, -0.25) is 19.9 Å². The Kier molecular flexibility index (Phi) is 3.79. The summed E-state index contributed by atoms with van der Waals surface area (Å²) in [5.74, 6) is -0.119. The van der Waals surface area contributed by atoms with Gasteiger partial charge in [-0.2, -0.15) is 10.4 Å². The van der Waals surface area contributed by atoms with E-state index in [1.165, 1.54) is 0 Å². The SMILES string of the molecule is N#Cc1cn[nH]c1NS(=O)(=O)c1ccc([N+](=O)[O-])cc1Cl. The summed E-state index contributed by atoms with van der Waals surface area (Å²) in [6, 6.07) is 4.69. The molecule has 0 saturated carbocycles. The molecule has 21 heavy (non-hydrogen) atoms. The van der Waals surface area contributed by atoms with Crippen LogP contribution in [0.4, 0.5) is 11.5 Å². The standard InChI is InChI=1S/C10H6ClN5O4S/c11-8-3-7(16(17)18)1-2-9(8)21(19,20)15-10-6(4-12)5-13-14-10/h1-3,5H,(H2,13,14,15). The van der Waals surface area contributed by atoms with Crippen LogP contribution in [0.3, 0.4) is 0 Å². The first-order valence-electron chi connectivity index (χ1n) is 5.25. The van der Waals surface area contributed by atoms with E-state index in [9.17, 15) is 18.5 Å². The van der Waals surface area contributed by atoms with Gasteiger partial charge in [0.1, 0.15) is 16.5 Å². The van der Waals surface area contributed by atoms with Gasteiger partial charge in [0.25, 0.3) is 15.7 Å². The Morgan fingerprint density at radius 3 is 2.76 bits per heavy atom. The summed E-state index contributed by atoms with van der Waals surface area (Å²) in [4.78, 5) is 9.54. The second-order valence-electron chi connectivity index (χ2n) is 3.75. The summed E-state index contributed by atoms with van der Waals surface area (Å²) >= 11 is 5.76. The van der Waals surface area contributed by atoms with E-state index in [0.717, 1.165) is 24.4 Å². The zero-order chi connectivity index (χ0) is 15.6. The molecule has 0 unspecified atom stereocenters. The average Bonchev–Trinajstić information content (AvgIpc) is 2.84. The molecule has 0 aliphatic carbocycles. The van der Waals surface area contributed by atoms with Crippen molar-refractivity contribution >= 4 is 33.1 Å². The highest BCUT2D eigenvalue weighted by molar-refractivity contribution is 7.92. The normalized spacial score (nSPS) is 10.9. The lowest BCUT2D eigenvalue weighted by Crippen LogP contribution is -2.14. The van der Waals surface area contributed by atoms with Crippen molar-refractivity contribution < 1.29 is 13.3 Å². The second kappa shape index (κ2) is 5.39. The van der Waals surface area contributed by atoms with E-state index in [4.69, 9.17) is 16.9 Å². The number of hydrogen-bond donors (Lipinski definition) is 2. The van der Waals surface area contributed by atoms with E-state index in [2.05, 4.69) is 14.9 Å². The van der Waals surface area contributed by atoms with Gasteiger partial charge in [0.05, 0.1) is 16.1 Å². The largest absolute Gasteiger partial charge is 0.271 e. The van der Waals surface area contributed by atoms with Crippen LogP contribution in [0.25, 0.3) is 0 Å². The third-order valence-corrected chi connectivity index (χ3v) is 4.24. The smallest absolute Gasteiger partial charge is 0.263 e. The number of nitriles is 1. The Bertz CT molecular complexity index is 855. The first kappa shape index (κ1) is 14.8. The van der Waals surface area contributed by atoms with Gasteiger partial charge >= 0.3 is 0 Å². The molecule has 0 fully saturated rings. The highest BCUT2D eigenvalue weighted by Gasteiger charge is 2.22. The molecule has 0 aliphatic rings. The van der Waals surface area contributed by atoms with Crippen molar-refractivity contribution in [1.29, 1.82) is 5.26 Å². The van der Waals surface area contributed by atoms with Crippen LogP contribution in [0.1, 0.15) is 5.56 Å². The molecule has 0 aliphatic heterocycles. The van der Waals surface area contributed by atoms with Gasteiger partial charge in [0.15, 0.2) is 5.82 Å². The van der Waals surface area contributed by atoms with Gasteiger partial charge in [0, 0.05) is 12.1 Å². The molecule has 0 bridgehead atoms. The predicted molar refractivity (Wildman–Crippen MR) is 72.2 cm³/mol. The molecule has 2 N–H and O–H groups in total. The van der Waals surface area contributed by atoms with E-state index in [1.807, 2.05) is 0 Å². The molecule has 2 rings (SSSR count). The number of halogens is 1. The third-order valence-electron chi connectivity index (χ3n) is 2.41. The fourth-order valence-corrected chi connectivity index (χ4v) is 3.04. The number of nitrogens with one attached hydrogen (secondary N) is 2. The molecule has 11 heteroatoms. The van der Waals surface area contributed by atoms with Gasteiger partial charge in [-0.25, -0.2) is 8.42 Å². The molecule has 1 heterocycles. The van der Waals surface area contributed by atoms with Crippen LogP contribution in [-0.2, 0) is 10.0 Å². The van der Waals surface area contributed by atoms with Crippen molar-refractivity contribution in [2.45, 2.75) is 4.90 Å². The van der Waals surface area contributed by atoms with Crippen LogP contribution in [0.5, 0.6) is 0 Å². The van der Waals surface area contributed by atoms with Gasteiger partial charge < -0.3 is 0 Å². The van der Waals surface area contributed by atoms with Gasteiger partial charge in [-0.05, 0) is 6.07 Å². The van der Waals surface area contributed by atoms with Gasteiger partial charge in [-0.15, -0.1) is 0 Å². The molecular weight excluding hydrogens is 322 g/mol. The van der Waals surface area contributed by atoms with Crippen LogP contribution in [0.2, 0.25) is 5.02 Å². The Hall–Kier alpha value is -2.64. The molecule has 0 atom stereocenters. The average molecular weight is 328 g/mol. The Morgan fingerprint density at radius 2 is 2.19 bits per heavy atom. The molecule has 9 nitrogen and oxygen atoms in total. The monoisotopic (exact) mass is 327 g/mol. The van der Waals surface area contributed by atoms with E-state index < -0.39 is 14.9 Å². The fourth-order valence-electron chi connectivity index (χ4n) is 1.46. The number of non-ortho nitro benzene ring substituents is 1. The Morgan fingerprint density at radius 1 is 1.48 bits per heavy atom. The number of aromatic nitrogens is 2. The number of nitrogens with zero attached hydrogens (tertiary/aromatic N) is 3. The minimum absolute atomic E-state index is 0.00314. The van der Waals surface area contributed by atoms with Crippen molar-refractivity contribution in [3.8, 4) is 6.07 Å². The van der Waals surface area contributed by atoms with Crippen molar-refractivity contribution in [3.63, 3.8) is 0 Å². The summed E-state index contributed by atoms with van der Waals surface area (Å²) in [7, 11) is -4.12. The third kappa shape index (κ3) is 2.93. The Labute approximate surface area is 123 Å². The van der Waals surface area contributed by atoms with Gasteiger partial charge in [-0.1, -0.05) is 11.6 Å². The summed E-state index contributed by atoms with van der Waals surface area (Å²) in [5, 5.41) is 24.9. The fraction of sp³-hybridized carbons (Fsp3) is 0. The van der Waals surface area contributed by atoms with Crippen molar-refractivity contribution in [3.05, 3.63) is 45.1 Å². The molecule has 1 aromatic heterocycles. The van der Waals surface area contributed by atoms with E-state index in [0.29, 0.717) is 0 Å². The zero-order valence-corrected chi connectivity index (χ0v) is 11.6. The summed E-state index contributed by atoms with van der Waals surface area (Å²) in [6.45, 7) is 0. The minimum atomic E-state index is -4.12. The van der Waals surface area contributed by atoms with E-state index in [-0.39, 0.29) is 27.0 Å². The number of benzene rings is 1. The summed E-state index contributed by atoms with van der Waals surface area (Å²) < 4.78 is 26.4. The van der Waals surface area contributed by atoms with Gasteiger partial charge in [0.2, 0.25) is 0 Å². The van der Waals surface area contributed by atoms with Crippen molar-refractivity contribution in [2.24, 2.45) is 0 Å². The lowest BCUT2D eigenvalue weighted by atomic mass is 10.3. The van der Waals surface area contributed by atoms with E-state index in [1.54, 1.807) is 6.07 Å². The van der Waals surface area contributed by atoms with Crippen LogP contribution in [0, 0.1) is 21.4 Å². The molecule has 0 spiro atoms. The molecule has 108 valence electrons. The second-order valence-corrected chi connectivity index (χ2v) is 5.81. The lowest BCUT2D eigenvalue weighted by molar-refractivity contribution is -0.384. The van der Waals surface area contributed by atoms with E-state index >= 15 is 0 Å². The number of H-pyrrole nitrogens is 1. The molecule has 0 amide bonds. The Balaban J connectivity index is 2.41. The maximum Gasteiger partial charge on any atom is 0.271 e. The highest BCUT2D eigenvalue weighted by Crippen LogP contribution is 2.27. The number of nitro benzene ring substituents is 1. The number of rotatable bonds is 4. The van der Waals surface area contributed by atoms with Crippen LogP contribution >= 0.6 is 11.6 Å². The molecule has 1 aromatic carbocycles. The number of anilines is 1. The predicted octanol–water partition coefficient (Wildman–Crippen LogP) is 1.64. The maximum absolute atomic E-state index is 12.1. The number of nitro groups is 1.